The first-order valence-electron chi connectivity index (χ1n) is 7.34. The van der Waals surface area contributed by atoms with Crippen molar-refractivity contribution in [2.45, 2.75) is 44.4 Å². The Morgan fingerprint density at radius 1 is 1.39 bits per heavy atom. The van der Waals surface area contributed by atoms with E-state index in [4.69, 9.17) is 4.74 Å². The van der Waals surface area contributed by atoms with Gasteiger partial charge in [-0.2, -0.15) is 0 Å². The van der Waals surface area contributed by atoms with E-state index in [1.807, 2.05) is 7.11 Å². The molecular weight excluding hydrogens is 228 g/mol. The summed E-state index contributed by atoms with van der Waals surface area (Å²) in [5.41, 5.74) is 0.408. The largest absolute Gasteiger partial charge is 0.391 e. The van der Waals surface area contributed by atoms with Crippen molar-refractivity contribution < 1.29 is 9.84 Å². The predicted molar refractivity (Wildman–Crippen MR) is 70.4 cm³/mol. The molecule has 5 atom stereocenters. The Bertz CT molecular complexity index is 306. The zero-order valence-electron chi connectivity index (χ0n) is 11.5. The molecule has 0 aromatic heterocycles. The van der Waals surface area contributed by atoms with E-state index in [0.29, 0.717) is 29.4 Å². The summed E-state index contributed by atoms with van der Waals surface area (Å²) in [7, 11) is 1.85. The molecule has 0 radical (unpaired) electrons. The molecule has 2 aliphatic carbocycles. The van der Waals surface area contributed by atoms with Crippen LogP contribution in [0.5, 0.6) is 0 Å². The van der Waals surface area contributed by atoms with Gasteiger partial charge in [-0.05, 0) is 18.8 Å². The molecule has 0 aromatic carbocycles. The third-order valence-electron chi connectivity index (χ3n) is 5.63. The molecule has 4 nitrogen and oxygen atoms in total. The van der Waals surface area contributed by atoms with Gasteiger partial charge in [-0.15, -0.1) is 0 Å². The molecule has 0 aromatic rings. The van der Waals surface area contributed by atoms with Gasteiger partial charge in [0.25, 0.3) is 0 Å². The van der Waals surface area contributed by atoms with Gasteiger partial charge in [0, 0.05) is 44.1 Å². The van der Waals surface area contributed by atoms with E-state index >= 15 is 0 Å². The summed E-state index contributed by atoms with van der Waals surface area (Å²) in [6, 6.07) is 0.587. The lowest BCUT2D eigenvalue weighted by Crippen LogP contribution is -2.72. The monoisotopic (exact) mass is 254 g/mol. The highest BCUT2D eigenvalue weighted by atomic mass is 16.5. The van der Waals surface area contributed by atoms with Gasteiger partial charge in [0.1, 0.15) is 0 Å². The summed E-state index contributed by atoms with van der Waals surface area (Å²) < 4.78 is 5.68. The first kappa shape index (κ1) is 12.9. The van der Waals surface area contributed by atoms with Crippen molar-refractivity contribution in [1.82, 2.24) is 10.6 Å². The lowest BCUT2D eigenvalue weighted by molar-refractivity contribution is -0.202. The number of β-amino-alcohol motifs (C(OH)–C–C–N with tert-alkyl or cyclic N) is 1. The van der Waals surface area contributed by atoms with Crippen LogP contribution in [0.3, 0.4) is 0 Å². The maximum atomic E-state index is 9.83. The molecule has 104 valence electrons. The molecule has 18 heavy (non-hydrogen) atoms. The van der Waals surface area contributed by atoms with Crippen LogP contribution in [-0.4, -0.2) is 50.1 Å². The number of hydrogen-bond acceptors (Lipinski definition) is 4. The van der Waals surface area contributed by atoms with E-state index in [-0.39, 0.29) is 6.10 Å². The van der Waals surface area contributed by atoms with Crippen LogP contribution in [0.15, 0.2) is 0 Å². The summed E-state index contributed by atoms with van der Waals surface area (Å²) in [5.74, 6) is 0.970. The number of rotatable bonds is 4. The fourth-order valence-electron chi connectivity index (χ4n) is 4.51. The van der Waals surface area contributed by atoms with Gasteiger partial charge >= 0.3 is 0 Å². The number of hydrogen-bond donors (Lipinski definition) is 3. The van der Waals surface area contributed by atoms with E-state index in [1.54, 1.807) is 0 Å². The lowest BCUT2D eigenvalue weighted by Gasteiger charge is -2.65. The van der Waals surface area contributed by atoms with Gasteiger partial charge < -0.3 is 20.5 Å². The van der Waals surface area contributed by atoms with Crippen LogP contribution in [0.2, 0.25) is 0 Å². The number of methoxy groups -OCH3 is 1. The molecule has 5 unspecified atom stereocenters. The van der Waals surface area contributed by atoms with Crippen molar-refractivity contribution in [3.8, 4) is 0 Å². The van der Waals surface area contributed by atoms with Crippen LogP contribution in [-0.2, 0) is 4.74 Å². The Morgan fingerprint density at radius 2 is 2.17 bits per heavy atom. The zero-order chi connectivity index (χ0) is 12.8. The Morgan fingerprint density at radius 3 is 2.67 bits per heavy atom. The van der Waals surface area contributed by atoms with Crippen molar-refractivity contribution in [2.24, 2.45) is 17.3 Å². The van der Waals surface area contributed by atoms with Gasteiger partial charge in [0.05, 0.1) is 12.2 Å². The molecule has 1 spiro atoms. The van der Waals surface area contributed by atoms with E-state index in [2.05, 4.69) is 17.6 Å². The molecule has 0 bridgehead atoms. The van der Waals surface area contributed by atoms with Gasteiger partial charge in [-0.1, -0.05) is 13.3 Å². The molecule has 3 fully saturated rings. The summed E-state index contributed by atoms with van der Waals surface area (Å²) >= 11 is 0. The van der Waals surface area contributed by atoms with Crippen molar-refractivity contribution in [3.63, 3.8) is 0 Å². The fourth-order valence-corrected chi connectivity index (χ4v) is 4.51. The molecule has 3 aliphatic rings. The van der Waals surface area contributed by atoms with Gasteiger partial charge in [-0.3, -0.25) is 0 Å². The maximum Gasteiger partial charge on any atom is 0.0716 e. The molecule has 3 N–H and O–H groups in total. The second kappa shape index (κ2) is 4.75. The summed E-state index contributed by atoms with van der Waals surface area (Å²) in [5, 5.41) is 16.8. The smallest absolute Gasteiger partial charge is 0.0716 e. The number of ether oxygens (including phenoxy) is 1. The SMILES string of the molecule is COC1C(C)C(NCC2CNCC2O)C12CCC2. The Balaban J connectivity index is 1.56. The minimum atomic E-state index is -0.177. The first-order valence-corrected chi connectivity index (χ1v) is 7.34. The zero-order valence-corrected chi connectivity index (χ0v) is 11.5. The van der Waals surface area contributed by atoms with Crippen molar-refractivity contribution in [1.29, 1.82) is 0 Å². The van der Waals surface area contributed by atoms with Crippen LogP contribution in [0.25, 0.3) is 0 Å². The van der Waals surface area contributed by atoms with E-state index in [9.17, 15) is 5.11 Å². The lowest BCUT2D eigenvalue weighted by atomic mass is 9.46. The topological polar surface area (TPSA) is 53.5 Å². The average Bonchev–Trinajstić information content (AvgIpc) is 2.69. The standard InChI is InChI=1S/C14H26N2O2/c1-9-12(14(4-3-5-14)13(9)18-2)16-7-10-6-15-8-11(10)17/h9-13,15-17H,3-8H2,1-2H3. The quantitative estimate of drug-likeness (QED) is 0.678. The van der Waals surface area contributed by atoms with Crippen molar-refractivity contribution in [2.75, 3.05) is 26.7 Å². The summed E-state index contributed by atoms with van der Waals surface area (Å²) in [6.07, 6.45) is 4.22. The predicted octanol–water partition coefficient (Wildman–Crippen LogP) is 0.360. The van der Waals surface area contributed by atoms with E-state index in [0.717, 1.165) is 19.6 Å². The Hall–Kier alpha value is -0.160. The second-order valence-corrected chi connectivity index (χ2v) is 6.47. The van der Waals surface area contributed by atoms with E-state index < -0.39 is 0 Å². The van der Waals surface area contributed by atoms with Crippen molar-refractivity contribution >= 4 is 0 Å². The Labute approximate surface area is 109 Å². The highest BCUT2D eigenvalue weighted by molar-refractivity contribution is 5.15. The molecule has 1 saturated heterocycles. The maximum absolute atomic E-state index is 9.83. The molecule has 2 saturated carbocycles. The normalized spacial score (nSPS) is 45.8. The highest BCUT2D eigenvalue weighted by Gasteiger charge is 2.62. The third kappa shape index (κ3) is 1.73. The summed E-state index contributed by atoms with van der Waals surface area (Å²) in [6.45, 7) is 4.91. The van der Waals surface area contributed by atoms with E-state index in [1.165, 1.54) is 19.3 Å². The number of nitrogens with one attached hydrogen (secondary N) is 2. The number of aliphatic hydroxyl groups is 1. The van der Waals surface area contributed by atoms with Gasteiger partial charge in [-0.25, -0.2) is 0 Å². The molecule has 3 rings (SSSR count). The Kier molecular flexibility index (Phi) is 3.39. The summed E-state index contributed by atoms with van der Waals surface area (Å²) in [4.78, 5) is 0. The van der Waals surface area contributed by atoms with Crippen LogP contribution in [0.4, 0.5) is 0 Å². The second-order valence-electron chi connectivity index (χ2n) is 6.47. The van der Waals surface area contributed by atoms with Gasteiger partial charge in [0.15, 0.2) is 0 Å². The van der Waals surface area contributed by atoms with Crippen molar-refractivity contribution in [3.05, 3.63) is 0 Å². The molecule has 0 amide bonds. The van der Waals surface area contributed by atoms with Crippen LogP contribution in [0.1, 0.15) is 26.2 Å². The number of aliphatic hydroxyl groups excluding tert-OH is 1. The minimum absolute atomic E-state index is 0.177. The third-order valence-corrected chi connectivity index (χ3v) is 5.63. The fraction of sp³-hybridized carbons (Fsp3) is 1.00. The molecular formula is C14H26N2O2. The molecule has 1 aliphatic heterocycles. The van der Waals surface area contributed by atoms with Crippen LogP contribution in [0, 0.1) is 17.3 Å². The molecule has 1 heterocycles. The first-order chi connectivity index (χ1) is 8.69. The average molecular weight is 254 g/mol. The van der Waals surface area contributed by atoms with Crippen LogP contribution < -0.4 is 10.6 Å². The minimum Gasteiger partial charge on any atom is -0.391 e. The van der Waals surface area contributed by atoms with Gasteiger partial charge in [0.2, 0.25) is 0 Å². The highest BCUT2D eigenvalue weighted by Crippen LogP contribution is 2.59. The molecule has 4 heteroatoms. The van der Waals surface area contributed by atoms with Crippen LogP contribution >= 0.6 is 0 Å².